The molecule has 5 nitrogen and oxygen atoms in total. The molecule has 0 unspecified atom stereocenters. The average Bonchev–Trinajstić information content (AvgIpc) is 2.61. The number of nitrogens with zero attached hydrogens (tertiary/aromatic N) is 1. The summed E-state index contributed by atoms with van der Waals surface area (Å²) in [5.74, 6) is 0.387. The average molecular weight is 331 g/mol. The van der Waals surface area contributed by atoms with Gasteiger partial charge in [0.25, 0.3) is 0 Å². The summed E-state index contributed by atoms with van der Waals surface area (Å²) in [7, 11) is 0. The highest BCUT2D eigenvalue weighted by Gasteiger charge is 2.10. The number of benzene rings is 3. The van der Waals surface area contributed by atoms with Crippen molar-refractivity contribution >= 4 is 27.6 Å². The molecule has 0 atom stereocenters. The third-order valence-corrected chi connectivity index (χ3v) is 4.00. The van der Waals surface area contributed by atoms with Crippen molar-refractivity contribution in [3.05, 3.63) is 72.4 Å². The van der Waals surface area contributed by atoms with E-state index in [0.717, 1.165) is 10.8 Å². The van der Waals surface area contributed by atoms with Crippen LogP contribution in [0, 0.1) is 0 Å². The molecule has 0 saturated heterocycles. The van der Waals surface area contributed by atoms with Crippen LogP contribution in [0.5, 0.6) is 17.2 Å². The van der Waals surface area contributed by atoms with Gasteiger partial charge in [0.15, 0.2) is 0 Å². The van der Waals surface area contributed by atoms with Gasteiger partial charge in [-0.1, -0.05) is 12.1 Å². The van der Waals surface area contributed by atoms with Gasteiger partial charge in [-0.3, -0.25) is 4.98 Å². The van der Waals surface area contributed by atoms with Crippen LogP contribution >= 0.6 is 0 Å². The Morgan fingerprint density at radius 3 is 2.64 bits per heavy atom. The third kappa shape index (κ3) is 2.72. The number of aromatic nitrogens is 1. The summed E-state index contributed by atoms with van der Waals surface area (Å²) >= 11 is 0. The second kappa shape index (κ2) is 5.79. The topological polar surface area (TPSA) is 79.7 Å². The Morgan fingerprint density at radius 2 is 1.80 bits per heavy atom. The molecule has 0 bridgehead atoms. The van der Waals surface area contributed by atoms with Crippen molar-refractivity contribution in [2.45, 2.75) is 0 Å². The molecule has 0 aliphatic carbocycles. The molecule has 2 N–H and O–H groups in total. The number of carboxylic acid groups (broad SMARTS) is 1. The molecule has 4 rings (SSSR count). The second-order valence-corrected chi connectivity index (χ2v) is 5.61. The quantitative estimate of drug-likeness (QED) is 0.574. The highest BCUT2D eigenvalue weighted by molar-refractivity contribution is 6.04. The van der Waals surface area contributed by atoms with Crippen LogP contribution < -0.4 is 4.74 Å². The number of aromatic hydroxyl groups is 1. The molecule has 4 aromatic rings. The van der Waals surface area contributed by atoms with E-state index in [1.165, 1.54) is 0 Å². The normalized spacial score (nSPS) is 10.9. The Balaban J connectivity index is 1.78. The second-order valence-electron chi connectivity index (χ2n) is 5.61. The van der Waals surface area contributed by atoms with Crippen LogP contribution in [-0.2, 0) is 0 Å². The molecule has 0 radical (unpaired) electrons. The molecule has 3 aromatic carbocycles. The van der Waals surface area contributed by atoms with Crippen molar-refractivity contribution in [3.8, 4) is 17.2 Å². The monoisotopic (exact) mass is 331 g/mol. The zero-order valence-corrected chi connectivity index (χ0v) is 13.0. The van der Waals surface area contributed by atoms with E-state index in [4.69, 9.17) is 4.74 Å². The van der Waals surface area contributed by atoms with Gasteiger partial charge < -0.3 is 14.9 Å². The number of fused-ring (bicyclic) bond motifs is 2. The predicted molar refractivity (Wildman–Crippen MR) is 94.4 cm³/mol. The molecule has 25 heavy (non-hydrogen) atoms. The van der Waals surface area contributed by atoms with Crippen molar-refractivity contribution in [1.29, 1.82) is 0 Å². The number of pyridine rings is 1. The third-order valence-electron chi connectivity index (χ3n) is 4.00. The Bertz CT molecular complexity index is 1120. The molecule has 0 aliphatic rings. The highest BCUT2D eigenvalue weighted by atomic mass is 16.5. The van der Waals surface area contributed by atoms with Crippen molar-refractivity contribution < 1.29 is 19.7 Å². The fraction of sp³-hybridized carbons (Fsp3) is 0. The lowest BCUT2D eigenvalue weighted by Gasteiger charge is -2.10. The number of phenols is 1. The van der Waals surface area contributed by atoms with E-state index in [9.17, 15) is 15.0 Å². The molecule has 0 spiro atoms. The summed E-state index contributed by atoms with van der Waals surface area (Å²) in [6, 6.07) is 17.1. The van der Waals surface area contributed by atoms with Crippen LogP contribution in [0.25, 0.3) is 21.7 Å². The Kier molecular flexibility index (Phi) is 3.47. The molecule has 0 saturated carbocycles. The maximum Gasteiger partial charge on any atom is 0.336 e. The number of hydrogen-bond donors (Lipinski definition) is 2. The summed E-state index contributed by atoms with van der Waals surface area (Å²) < 4.78 is 5.97. The van der Waals surface area contributed by atoms with Crippen molar-refractivity contribution in [2.24, 2.45) is 0 Å². The maximum atomic E-state index is 11.3. The van der Waals surface area contributed by atoms with Gasteiger partial charge in [-0.15, -0.1) is 0 Å². The molecular weight excluding hydrogens is 318 g/mol. The van der Waals surface area contributed by atoms with Gasteiger partial charge in [0.1, 0.15) is 17.2 Å². The Hall–Kier alpha value is -3.60. The van der Waals surface area contributed by atoms with E-state index in [1.54, 1.807) is 60.8 Å². The van der Waals surface area contributed by atoms with Gasteiger partial charge in [-0.2, -0.15) is 0 Å². The SMILES string of the molecule is O=C(O)c1cccc2cc(Oc3ccnc4cc(O)ccc34)ccc12. The maximum absolute atomic E-state index is 11.3. The highest BCUT2D eigenvalue weighted by Crippen LogP contribution is 2.32. The minimum Gasteiger partial charge on any atom is -0.508 e. The zero-order chi connectivity index (χ0) is 17.4. The van der Waals surface area contributed by atoms with Gasteiger partial charge in [0.05, 0.1) is 11.1 Å². The first-order valence-corrected chi connectivity index (χ1v) is 7.63. The van der Waals surface area contributed by atoms with E-state index in [1.807, 2.05) is 6.07 Å². The van der Waals surface area contributed by atoms with Crippen molar-refractivity contribution in [3.63, 3.8) is 0 Å². The van der Waals surface area contributed by atoms with Crippen LogP contribution in [0.2, 0.25) is 0 Å². The fourth-order valence-electron chi connectivity index (χ4n) is 2.84. The molecule has 1 heterocycles. The zero-order valence-electron chi connectivity index (χ0n) is 13.0. The number of rotatable bonds is 3. The smallest absolute Gasteiger partial charge is 0.336 e. The molecule has 122 valence electrons. The number of hydrogen-bond acceptors (Lipinski definition) is 4. The fourth-order valence-corrected chi connectivity index (χ4v) is 2.84. The molecule has 0 aliphatic heterocycles. The number of phenolic OH excluding ortho intramolecular Hbond substituents is 1. The lowest BCUT2D eigenvalue weighted by Crippen LogP contribution is -1.97. The first-order chi connectivity index (χ1) is 12.1. The lowest BCUT2D eigenvalue weighted by atomic mass is 10.0. The van der Waals surface area contributed by atoms with Crippen LogP contribution in [-0.4, -0.2) is 21.2 Å². The number of carboxylic acids is 1. The molecule has 0 amide bonds. The van der Waals surface area contributed by atoms with Crippen LogP contribution in [0.1, 0.15) is 10.4 Å². The Labute approximate surface area is 142 Å². The minimum absolute atomic E-state index is 0.143. The van der Waals surface area contributed by atoms with E-state index in [0.29, 0.717) is 22.4 Å². The van der Waals surface area contributed by atoms with Crippen molar-refractivity contribution in [1.82, 2.24) is 4.98 Å². The number of ether oxygens (including phenoxy) is 1. The summed E-state index contributed by atoms with van der Waals surface area (Å²) in [6.45, 7) is 0. The summed E-state index contributed by atoms with van der Waals surface area (Å²) in [5, 5.41) is 21.1. The number of carbonyl (C=O) groups is 1. The minimum atomic E-state index is -0.959. The standard InChI is InChI=1S/C20H13NO4/c22-13-4-6-17-18(11-13)21-9-8-19(17)25-14-5-7-15-12(10-14)2-1-3-16(15)20(23)24/h1-11,22H,(H,23,24). The van der Waals surface area contributed by atoms with Crippen LogP contribution in [0.4, 0.5) is 0 Å². The summed E-state index contributed by atoms with van der Waals surface area (Å²) in [5.41, 5.74) is 0.889. The molecule has 5 heteroatoms. The van der Waals surface area contributed by atoms with Gasteiger partial charge >= 0.3 is 5.97 Å². The van der Waals surface area contributed by atoms with Gasteiger partial charge in [0, 0.05) is 17.6 Å². The van der Waals surface area contributed by atoms with E-state index < -0.39 is 5.97 Å². The van der Waals surface area contributed by atoms with Crippen LogP contribution in [0.15, 0.2) is 66.9 Å². The van der Waals surface area contributed by atoms with Gasteiger partial charge in [-0.25, -0.2) is 4.79 Å². The van der Waals surface area contributed by atoms with Gasteiger partial charge in [-0.05, 0) is 53.2 Å². The number of aromatic carboxylic acids is 1. The van der Waals surface area contributed by atoms with E-state index in [2.05, 4.69) is 4.98 Å². The molecular formula is C20H13NO4. The summed E-state index contributed by atoms with van der Waals surface area (Å²) in [4.78, 5) is 15.5. The van der Waals surface area contributed by atoms with Crippen LogP contribution in [0.3, 0.4) is 0 Å². The molecule has 0 fully saturated rings. The lowest BCUT2D eigenvalue weighted by molar-refractivity contribution is 0.0699. The Morgan fingerprint density at radius 1 is 0.960 bits per heavy atom. The van der Waals surface area contributed by atoms with E-state index >= 15 is 0 Å². The predicted octanol–water partition coefficient (Wildman–Crippen LogP) is 4.58. The first-order valence-electron chi connectivity index (χ1n) is 7.63. The first kappa shape index (κ1) is 15.0. The molecule has 1 aromatic heterocycles. The summed E-state index contributed by atoms with van der Waals surface area (Å²) in [6.07, 6.45) is 1.61. The van der Waals surface area contributed by atoms with Gasteiger partial charge in [0.2, 0.25) is 0 Å². The van der Waals surface area contributed by atoms with Crippen molar-refractivity contribution in [2.75, 3.05) is 0 Å². The van der Waals surface area contributed by atoms with E-state index in [-0.39, 0.29) is 11.3 Å². The largest absolute Gasteiger partial charge is 0.508 e.